The average Bonchev–Trinajstić information content (AvgIpc) is 2.52. The van der Waals surface area contributed by atoms with E-state index < -0.39 is 0 Å². The molecule has 0 aliphatic heterocycles. The van der Waals surface area contributed by atoms with E-state index in [4.69, 9.17) is 11.6 Å². The average molecular weight is 312 g/mol. The highest BCUT2D eigenvalue weighted by atomic mass is 35.5. The Kier molecular flexibility index (Phi) is 4.16. The van der Waals surface area contributed by atoms with Gasteiger partial charge in [0.2, 0.25) is 5.95 Å². The third-order valence-corrected chi connectivity index (χ3v) is 3.32. The van der Waals surface area contributed by atoms with Crippen molar-refractivity contribution < 1.29 is 0 Å². The summed E-state index contributed by atoms with van der Waals surface area (Å²) in [5.74, 6) is 1.04. The first-order valence-electron chi connectivity index (χ1n) is 6.76. The normalized spacial score (nSPS) is 10.3. The fourth-order valence-electron chi connectivity index (χ4n) is 1.93. The highest BCUT2D eigenvalue weighted by Gasteiger charge is 2.03. The number of para-hydroxylation sites is 1. The van der Waals surface area contributed by atoms with Crippen LogP contribution in [0, 0.1) is 6.92 Å². The Morgan fingerprint density at radius 1 is 0.955 bits per heavy atom. The van der Waals surface area contributed by atoms with Crippen molar-refractivity contribution in [2.24, 2.45) is 0 Å². The van der Waals surface area contributed by atoms with E-state index in [0.29, 0.717) is 16.8 Å². The molecular formula is C16H14ClN5. The maximum atomic E-state index is 5.87. The Hall–Kier alpha value is -2.66. The van der Waals surface area contributed by atoms with Crippen LogP contribution in [0.2, 0.25) is 5.02 Å². The van der Waals surface area contributed by atoms with Gasteiger partial charge in [0.1, 0.15) is 0 Å². The lowest BCUT2D eigenvalue weighted by Gasteiger charge is -2.09. The zero-order valence-corrected chi connectivity index (χ0v) is 12.7. The van der Waals surface area contributed by atoms with E-state index in [0.717, 1.165) is 16.9 Å². The third-order valence-electron chi connectivity index (χ3n) is 3.07. The van der Waals surface area contributed by atoms with Crippen LogP contribution in [0.5, 0.6) is 0 Å². The third kappa shape index (κ3) is 3.51. The number of hydrogen-bond acceptors (Lipinski definition) is 5. The molecule has 22 heavy (non-hydrogen) atoms. The monoisotopic (exact) mass is 311 g/mol. The highest BCUT2D eigenvalue weighted by Crippen LogP contribution is 2.20. The predicted octanol–water partition coefficient (Wildman–Crippen LogP) is 4.32. The molecule has 1 heterocycles. The summed E-state index contributed by atoms with van der Waals surface area (Å²) in [6.07, 6.45) is 1.57. The van der Waals surface area contributed by atoms with Gasteiger partial charge in [0.05, 0.1) is 6.20 Å². The lowest BCUT2D eigenvalue weighted by atomic mass is 10.2. The Morgan fingerprint density at radius 2 is 1.73 bits per heavy atom. The number of aromatic nitrogens is 3. The van der Waals surface area contributed by atoms with Crippen LogP contribution in [0.1, 0.15) is 5.56 Å². The summed E-state index contributed by atoms with van der Waals surface area (Å²) in [6.45, 7) is 2.02. The number of hydrogen-bond donors (Lipinski definition) is 2. The van der Waals surface area contributed by atoms with Crippen molar-refractivity contribution in [3.05, 3.63) is 65.3 Å². The molecule has 2 N–H and O–H groups in total. The number of rotatable bonds is 4. The van der Waals surface area contributed by atoms with Crippen molar-refractivity contribution in [2.75, 3.05) is 10.6 Å². The maximum Gasteiger partial charge on any atom is 0.249 e. The Labute approximate surface area is 133 Å². The standard InChI is InChI=1S/C16H14ClN5/c1-11-4-2-3-5-14(11)20-16-21-15(10-18-22-16)19-13-8-6-12(17)7-9-13/h2-10H,1H3,(H2,19,20,21,22). The van der Waals surface area contributed by atoms with E-state index >= 15 is 0 Å². The molecule has 3 rings (SSSR count). The summed E-state index contributed by atoms with van der Waals surface area (Å²) in [5, 5.41) is 15.0. The molecule has 0 fully saturated rings. The van der Waals surface area contributed by atoms with Crippen molar-refractivity contribution in [1.82, 2.24) is 15.2 Å². The highest BCUT2D eigenvalue weighted by molar-refractivity contribution is 6.30. The van der Waals surface area contributed by atoms with Crippen molar-refractivity contribution >= 4 is 34.7 Å². The number of halogens is 1. The molecule has 0 unspecified atom stereocenters. The largest absolute Gasteiger partial charge is 0.339 e. The fraction of sp³-hybridized carbons (Fsp3) is 0.0625. The zero-order chi connectivity index (χ0) is 15.4. The smallest absolute Gasteiger partial charge is 0.249 e. The molecule has 0 atom stereocenters. The first-order valence-corrected chi connectivity index (χ1v) is 7.13. The molecule has 0 saturated carbocycles. The van der Waals surface area contributed by atoms with Crippen LogP contribution in [0.15, 0.2) is 54.7 Å². The van der Waals surface area contributed by atoms with Gasteiger partial charge in [0, 0.05) is 16.4 Å². The first kappa shape index (κ1) is 14.3. The van der Waals surface area contributed by atoms with Crippen LogP contribution >= 0.6 is 11.6 Å². The molecule has 5 nitrogen and oxygen atoms in total. The molecule has 1 aromatic heterocycles. The van der Waals surface area contributed by atoms with Crippen molar-refractivity contribution in [3.8, 4) is 0 Å². The summed E-state index contributed by atoms with van der Waals surface area (Å²) in [7, 11) is 0. The van der Waals surface area contributed by atoms with Crippen molar-refractivity contribution in [2.45, 2.75) is 6.92 Å². The lowest BCUT2D eigenvalue weighted by molar-refractivity contribution is 0.982. The molecule has 0 radical (unpaired) electrons. The van der Waals surface area contributed by atoms with Gasteiger partial charge in [0.25, 0.3) is 0 Å². The molecule has 0 saturated heterocycles. The molecule has 0 bridgehead atoms. The van der Waals surface area contributed by atoms with Gasteiger partial charge < -0.3 is 10.6 Å². The summed E-state index contributed by atoms with van der Waals surface area (Å²) in [6, 6.07) is 15.3. The Balaban J connectivity index is 1.78. The zero-order valence-electron chi connectivity index (χ0n) is 11.9. The number of benzene rings is 2. The van der Waals surface area contributed by atoms with Crippen molar-refractivity contribution in [1.29, 1.82) is 0 Å². The van der Waals surface area contributed by atoms with Gasteiger partial charge in [-0.2, -0.15) is 10.1 Å². The summed E-state index contributed by atoms with van der Waals surface area (Å²) >= 11 is 5.87. The minimum Gasteiger partial charge on any atom is -0.339 e. The van der Waals surface area contributed by atoms with E-state index in [1.54, 1.807) is 6.20 Å². The maximum absolute atomic E-state index is 5.87. The number of nitrogens with one attached hydrogen (secondary N) is 2. The van der Waals surface area contributed by atoms with Crippen LogP contribution in [0.25, 0.3) is 0 Å². The van der Waals surface area contributed by atoms with Crippen LogP contribution in [0.3, 0.4) is 0 Å². The van der Waals surface area contributed by atoms with E-state index in [9.17, 15) is 0 Å². The molecular weight excluding hydrogens is 298 g/mol. The second-order valence-corrected chi connectivity index (χ2v) is 5.17. The Morgan fingerprint density at radius 3 is 2.50 bits per heavy atom. The number of nitrogens with zero attached hydrogens (tertiary/aromatic N) is 3. The number of aryl methyl sites for hydroxylation is 1. The van der Waals surface area contributed by atoms with Gasteiger partial charge in [-0.1, -0.05) is 29.8 Å². The minimum atomic E-state index is 0.438. The van der Waals surface area contributed by atoms with E-state index in [2.05, 4.69) is 25.8 Å². The summed E-state index contributed by atoms with van der Waals surface area (Å²) < 4.78 is 0. The molecule has 0 aliphatic carbocycles. The summed E-state index contributed by atoms with van der Waals surface area (Å²) in [5.41, 5.74) is 2.95. The molecule has 2 aromatic carbocycles. The van der Waals surface area contributed by atoms with Gasteiger partial charge in [0.15, 0.2) is 5.82 Å². The molecule has 0 spiro atoms. The first-order chi connectivity index (χ1) is 10.7. The molecule has 0 amide bonds. The van der Waals surface area contributed by atoms with E-state index in [-0.39, 0.29) is 0 Å². The number of anilines is 4. The topological polar surface area (TPSA) is 62.7 Å². The van der Waals surface area contributed by atoms with Gasteiger partial charge in [-0.05, 0) is 42.8 Å². The van der Waals surface area contributed by atoms with Crippen LogP contribution in [-0.2, 0) is 0 Å². The van der Waals surface area contributed by atoms with E-state index in [1.165, 1.54) is 0 Å². The fourth-order valence-corrected chi connectivity index (χ4v) is 2.06. The van der Waals surface area contributed by atoms with E-state index in [1.807, 2.05) is 55.5 Å². The summed E-state index contributed by atoms with van der Waals surface area (Å²) in [4.78, 5) is 4.40. The second-order valence-electron chi connectivity index (χ2n) is 4.74. The lowest BCUT2D eigenvalue weighted by Crippen LogP contribution is -2.03. The second kappa shape index (κ2) is 6.41. The van der Waals surface area contributed by atoms with Gasteiger partial charge in [-0.15, -0.1) is 5.10 Å². The Bertz CT molecular complexity index is 773. The quantitative estimate of drug-likeness (QED) is 0.751. The van der Waals surface area contributed by atoms with Gasteiger partial charge >= 0.3 is 0 Å². The van der Waals surface area contributed by atoms with Gasteiger partial charge in [-0.3, -0.25) is 0 Å². The van der Waals surface area contributed by atoms with Gasteiger partial charge in [-0.25, -0.2) is 0 Å². The molecule has 3 aromatic rings. The minimum absolute atomic E-state index is 0.438. The van der Waals surface area contributed by atoms with Crippen LogP contribution < -0.4 is 10.6 Å². The van der Waals surface area contributed by atoms with Crippen molar-refractivity contribution in [3.63, 3.8) is 0 Å². The SMILES string of the molecule is Cc1ccccc1Nc1nncc(Nc2ccc(Cl)cc2)n1. The van der Waals surface area contributed by atoms with Crippen LogP contribution in [0.4, 0.5) is 23.1 Å². The molecule has 6 heteroatoms. The van der Waals surface area contributed by atoms with Crippen LogP contribution in [-0.4, -0.2) is 15.2 Å². The molecule has 110 valence electrons. The predicted molar refractivity (Wildman–Crippen MR) is 89.0 cm³/mol. The molecule has 0 aliphatic rings.